The topological polar surface area (TPSA) is 159 Å². The lowest BCUT2D eigenvalue weighted by Gasteiger charge is -2.07. The van der Waals surface area contributed by atoms with Crippen LogP contribution in [0.1, 0.15) is 11.3 Å². The number of fused-ring (bicyclic) bond motifs is 1. The zero-order valence-corrected chi connectivity index (χ0v) is 13.1. The van der Waals surface area contributed by atoms with Gasteiger partial charge in [-0.3, -0.25) is 4.79 Å². The Labute approximate surface area is 138 Å². The van der Waals surface area contributed by atoms with Crippen molar-refractivity contribution in [2.24, 2.45) is 5.73 Å². The molecule has 0 unspecified atom stereocenters. The van der Waals surface area contributed by atoms with Crippen molar-refractivity contribution < 1.29 is 4.79 Å². The first-order chi connectivity index (χ1) is 11.5. The third-order valence-electron chi connectivity index (χ3n) is 3.03. The zero-order valence-electron chi connectivity index (χ0n) is 13.1. The van der Waals surface area contributed by atoms with Crippen molar-refractivity contribution in [3.63, 3.8) is 0 Å². The number of benzene rings is 1. The van der Waals surface area contributed by atoms with Crippen LogP contribution in [-0.4, -0.2) is 26.3 Å². The summed E-state index contributed by atoms with van der Waals surface area (Å²) in [5.41, 5.74) is 19.3. The number of anilines is 3. The van der Waals surface area contributed by atoms with Gasteiger partial charge in [-0.15, -0.1) is 0 Å². The fourth-order valence-electron chi connectivity index (χ4n) is 1.93. The molecular formula is C15H18N8O. The minimum atomic E-state index is 0.0971. The first-order valence-electron chi connectivity index (χ1n) is 7.04. The Hall–Kier alpha value is -3.49. The smallest absolute Gasteiger partial charge is 0.224 e. The van der Waals surface area contributed by atoms with Gasteiger partial charge in [0.05, 0.1) is 18.4 Å². The maximum atomic E-state index is 8.58. The molecule has 0 atom stereocenters. The monoisotopic (exact) mass is 326 g/mol. The molecule has 2 aromatic heterocycles. The van der Waals surface area contributed by atoms with Gasteiger partial charge in [0, 0.05) is 5.69 Å². The number of rotatable bonds is 3. The highest BCUT2D eigenvalue weighted by Gasteiger charge is 2.07. The molecule has 1 aromatic carbocycles. The molecule has 0 aliphatic carbocycles. The highest BCUT2D eigenvalue weighted by atomic mass is 16.1. The van der Waals surface area contributed by atoms with Gasteiger partial charge in [-0.25, -0.2) is 9.97 Å². The van der Waals surface area contributed by atoms with Gasteiger partial charge in [-0.2, -0.15) is 9.97 Å². The third-order valence-corrected chi connectivity index (χ3v) is 3.03. The summed E-state index contributed by atoms with van der Waals surface area (Å²) in [5, 5.41) is 3.27. The van der Waals surface area contributed by atoms with E-state index in [1.807, 2.05) is 31.2 Å². The first kappa shape index (κ1) is 16.9. The predicted octanol–water partition coefficient (Wildman–Crippen LogP) is 0.606. The minimum Gasteiger partial charge on any atom is -0.382 e. The Bertz CT molecular complexity index is 835. The third kappa shape index (κ3) is 4.26. The van der Waals surface area contributed by atoms with E-state index in [2.05, 4.69) is 31.0 Å². The van der Waals surface area contributed by atoms with Gasteiger partial charge in [0.2, 0.25) is 12.4 Å². The summed E-state index contributed by atoms with van der Waals surface area (Å²) in [6, 6.07) is 8.12. The number of nitrogens with one attached hydrogen (secondary N) is 1. The van der Waals surface area contributed by atoms with E-state index in [1.165, 1.54) is 5.56 Å². The van der Waals surface area contributed by atoms with Crippen LogP contribution in [-0.2, 0) is 11.3 Å². The van der Waals surface area contributed by atoms with Crippen molar-refractivity contribution in [1.29, 1.82) is 0 Å². The van der Waals surface area contributed by atoms with Crippen molar-refractivity contribution in [3.05, 3.63) is 41.7 Å². The highest BCUT2D eigenvalue weighted by molar-refractivity contribution is 5.81. The van der Waals surface area contributed by atoms with Gasteiger partial charge in [-0.1, -0.05) is 17.7 Å². The van der Waals surface area contributed by atoms with Crippen LogP contribution < -0.4 is 22.5 Å². The van der Waals surface area contributed by atoms with Gasteiger partial charge < -0.3 is 22.5 Å². The standard InChI is InChI=1S/C14H15N7.CH3NO/c1-8-2-4-9(5-3-8)17-6-10-7-18-13-11(19-10)12(15)20-14(16)21-13;2-1-3/h2-5,7,17H,6H2,1H3,(H4,15,16,18,20,21);1H,(H2,2,3). The molecule has 124 valence electrons. The average Bonchev–Trinajstić information content (AvgIpc) is 2.55. The number of carbonyl (C=O) groups excluding carboxylic acids is 1. The summed E-state index contributed by atoms with van der Waals surface area (Å²) in [4.78, 5) is 25.1. The number of carbonyl (C=O) groups is 1. The summed E-state index contributed by atoms with van der Waals surface area (Å²) in [7, 11) is 0. The Morgan fingerprint density at radius 2 is 1.79 bits per heavy atom. The maximum absolute atomic E-state index is 8.58. The molecule has 2 heterocycles. The zero-order chi connectivity index (χ0) is 17.5. The molecule has 0 radical (unpaired) electrons. The number of primary amides is 1. The van der Waals surface area contributed by atoms with Crippen molar-refractivity contribution in [3.8, 4) is 0 Å². The van der Waals surface area contributed by atoms with Crippen molar-refractivity contribution >= 4 is 35.0 Å². The largest absolute Gasteiger partial charge is 0.382 e. The number of hydrogen-bond acceptors (Lipinski definition) is 8. The molecule has 3 rings (SSSR count). The second kappa shape index (κ2) is 7.68. The minimum absolute atomic E-state index is 0.0971. The van der Waals surface area contributed by atoms with Crippen molar-refractivity contribution in [2.45, 2.75) is 13.5 Å². The van der Waals surface area contributed by atoms with Gasteiger partial charge in [-0.05, 0) is 19.1 Å². The van der Waals surface area contributed by atoms with Crippen LogP contribution in [0.2, 0.25) is 0 Å². The predicted molar refractivity (Wildman–Crippen MR) is 92.7 cm³/mol. The quantitative estimate of drug-likeness (QED) is 0.509. The summed E-state index contributed by atoms with van der Waals surface area (Å²) in [6.45, 7) is 2.59. The Morgan fingerprint density at radius 3 is 2.46 bits per heavy atom. The number of amides is 1. The number of nitrogens with zero attached hydrogens (tertiary/aromatic N) is 4. The number of aryl methyl sites for hydroxylation is 1. The molecule has 1 amide bonds. The van der Waals surface area contributed by atoms with E-state index in [9.17, 15) is 0 Å². The van der Waals surface area contributed by atoms with E-state index in [4.69, 9.17) is 16.3 Å². The Kier molecular flexibility index (Phi) is 5.40. The second-order valence-corrected chi connectivity index (χ2v) is 4.86. The molecule has 0 spiro atoms. The average molecular weight is 326 g/mol. The second-order valence-electron chi connectivity index (χ2n) is 4.86. The molecule has 0 aliphatic heterocycles. The molecule has 0 fully saturated rings. The van der Waals surface area contributed by atoms with E-state index in [1.54, 1.807) is 6.20 Å². The van der Waals surface area contributed by atoms with Gasteiger partial charge in [0.25, 0.3) is 0 Å². The summed E-state index contributed by atoms with van der Waals surface area (Å²) >= 11 is 0. The van der Waals surface area contributed by atoms with Gasteiger partial charge >= 0.3 is 0 Å². The van der Waals surface area contributed by atoms with Crippen LogP contribution in [0.15, 0.2) is 30.5 Å². The Morgan fingerprint density at radius 1 is 1.12 bits per heavy atom. The molecule has 7 N–H and O–H groups in total. The molecule has 3 aromatic rings. The molecular weight excluding hydrogens is 308 g/mol. The fraction of sp³-hybridized carbons (Fsp3) is 0.133. The molecule has 0 bridgehead atoms. The highest BCUT2D eigenvalue weighted by Crippen LogP contribution is 2.15. The molecule has 0 saturated heterocycles. The van der Waals surface area contributed by atoms with Crippen LogP contribution in [0, 0.1) is 6.92 Å². The van der Waals surface area contributed by atoms with Crippen molar-refractivity contribution in [1.82, 2.24) is 19.9 Å². The number of hydrogen-bond donors (Lipinski definition) is 4. The fourth-order valence-corrected chi connectivity index (χ4v) is 1.93. The van der Waals surface area contributed by atoms with E-state index in [0.717, 1.165) is 11.4 Å². The van der Waals surface area contributed by atoms with E-state index in [-0.39, 0.29) is 18.2 Å². The van der Waals surface area contributed by atoms with Crippen LogP contribution in [0.4, 0.5) is 17.5 Å². The first-order valence-corrected chi connectivity index (χ1v) is 7.04. The Balaban J connectivity index is 0.000000647. The number of nitrogen functional groups attached to an aromatic ring is 2. The lowest BCUT2D eigenvalue weighted by Crippen LogP contribution is -2.06. The maximum Gasteiger partial charge on any atom is 0.224 e. The van der Waals surface area contributed by atoms with Crippen LogP contribution in [0.25, 0.3) is 11.2 Å². The molecule has 9 heteroatoms. The molecule has 0 saturated carbocycles. The van der Waals surface area contributed by atoms with Crippen molar-refractivity contribution in [2.75, 3.05) is 16.8 Å². The van der Waals surface area contributed by atoms with E-state index in [0.29, 0.717) is 17.7 Å². The lowest BCUT2D eigenvalue weighted by molar-refractivity contribution is -0.106. The normalized spacial score (nSPS) is 9.88. The van der Waals surface area contributed by atoms with Crippen LogP contribution in [0.3, 0.4) is 0 Å². The van der Waals surface area contributed by atoms with Crippen LogP contribution >= 0.6 is 0 Å². The van der Waals surface area contributed by atoms with Gasteiger partial charge in [0.15, 0.2) is 17.0 Å². The summed E-state index contributed by atoms with van der Waals surface area (Å²) < 4.78 is 0. The molecule has 0 aliphatic rings. The van der Waals surface area contributed by atoms with Gasteiger partial charge in [0.1, 0.15) is 0 Å². The SMILES string of the molecule is Cc1ccc(NCc2cnc3nc(N)nc(N)c3n2)cc1.NC=O. The van der Waals surface area contributed by atoms with E-state index < -0.39 is 0 Å². The number of nitrogens with two attached hydrogens (primary N) is 3. The summed E-state index contributed by atoms with van der Waals surface area (Å²) in [5.74, 6) is 0.335. The molecule has 24 heavy (non-hydrogen) atoms. The molecule has 9 nitrogen and oxygen atoms in total. The summed E-state index contributed by atoms with van der Waals surface area (Å²) in [6.07, 6.45) is 1.90. The lowest BCUT2D eigenvalue weighted by atomic mass is 10.2. The number of aromatic nitrogens is 4. The van der Waals surface area contributed by atoms with Crippen LogP contribution in [0.5, 0.6) is 0 Å². The van der Waals surface area contributed by atoms with E-state index >= 15 is 0 Å².